The van der Waals surface area contributed by atoms with E-state index in [-0.39, 0.29) is 11.3 Å². The second kappa shape index (κ2) is 8.95. The van der Waals surface area contributed by atoms with Gasteiger partial charge in [-0.05, 0) is 47.7 Å². The predicted molar refractivity (Wildman–Crippen MR) is 117 cm³/mol. The normalized spacial score (nSPS) is 11.4. The second-order valence-electron chi connectivity index (χ2n) is 8.07. The third-order valence-electron chi connectivity index (χ3n) is 4.85. The largest absolute Gasteiger partial charge is 0.494 e. The summed E-state index contributed by atoms with van der Waals surface area (Å²) in [6, 6.07) is 16.3. The van der Waals surface area contributed by atoms with Crippen molar-refractivity contribution in [1.82, 2.24) is 14.9 Å². The number of fused-ring (bicyclic) bond motifs is 1. The molecular weight excluding hydrogens is 362 g/mol. The predicted octanol–water partition coefficient (Wildman–Crippen LogP) is 4.61. The van der Waals surface area contributed by atoms with Crippen LogP contribution in [0, 0.1) is 0 Å². The molecule has 0 saturated carbocycles. The van der Waals surface area contributed by atoms with Gasteiger partial charge in [0.2, 0.25) is 5.91 Å². The van der Waals surface area contributed by atoms with Gasteiger partial charge in [-0.15, -0.1) is 0 Å². The van der Waals surface area contributed by atoms with Crippen LogP contribution in [0.3, 0.4) is 0 Å². The minimum absolute atomic E-state index is 0.137. The van der Waals surface area contributed by atoms with Crippen molar-refractivity contribution in [3.8, 4) is 5.75 Å². The molecule has 0 spiro atoms. The molecule has 0 aliphatic heterocycles. The number of benzene rings is 2. The number of carbonyl (C=O) groups is 1. The Labute approximate surface area is 172 Å². The number of hydrogen-bond donors (Lipinski definition) is 1. The smallest absolute Gasteiger partial charge is 0.243 e. The number of nitrogens with one attached hydrogen (secondary N) is 1. The summed E-state index contributed by atoms with van der Waals surface area (Å²) in [5.74, 6) is 1.51. The summed E-state index contributed by atoms with van der Waals surface area (Å²) in [5, 5.41) is 2.81. The molecule has 0 bridgehead atoms. The van der Waals surface area contributed by atoms with E-state index in [0.717, 1.165) is 35.6 Å². The van der Waals surface area contributed by atoms with Crippen LogP contribution in [0.4, 0.5) is 0 Å². The highest BCUT2D eigenvalue weighted by Gasteiger charge is 2.13. The van der Waals surface area contributed by atoms with Crippen LogP contribution < -0.4 is 10.1 Å². The van der Waals surface area contributed by atoms with Crippen LogP contribution in [0.1, 0.15) is 38.6 Å². The zero-order chi connectivity index (χ0) is 20.9. The molecule has 5 heteroatoms. The maximum atomic E-state index is 11.5. The van der Waals surface area contributed by atoms with E-state index in [9.17, 15) is 4.79 Å². The Hall–Kier alpha value is -3.08. The molecule has 1 N–H and O–H groups in total. The first-order chi connectivity index (χ1) is 13.9. The highest BCUT2D eigenvalue weighted by atomic mass is 16.5. The van der Waals surface area contributed by atoms with Crippen LogP contribution in [-0.2, 0) is 23.3 Å². The van der Waals surface area contributed by atoms with Crippen LogP contribution in [0.15, 0.2) is 61.2 Å². The van der Waals surface area contributed by atoms with E-state index in [1.165, 1.54) is 11.6 Å². The molecule has 0 saturated heterocycles. The van der Waals surface area contributed by atoms with Crippen molar-refractivity contribution in [2.24, 2.45) is 0 Å². The Morgan fingerprint density at radius 1 is 1.17 bits per heavy atom. The summed E-state index contributed by atoms with van der Waals surface area (Å²) >= 11 is 0. The van der Waals surface area contributed by atoms with Crippen molar-refractivity contribution >= 4 is 16.9 Å². The van der Waals surface area contributed by atoms with Gasteiger partial charge in [0.25, 0.3) is 0 Å². The number of hydrogen-bond acceptors (Lipinski definition) is 3. The summed E-state index contributed by atoms with van der Waals surface area (Å²) < 4.78 is 8.07. The van der Waals surface area contributed by atoms with E-state index in [1.54, 1.807) is 0 Å². The maximum absolute atomic E-state index is 11.5. The van der Waals surface area contributed by atoms with E-state index >= 15 is 0 Å². The molecule has 0 atom stereocenters. The van der Waals surface area contributed by atoms with Crippen LogP contribution in [0.25, 0.3) is 11.0 Å². The van der Waals surface area contributed by atoms with Crippen LogP contribution >= 0.6 is 0 Å². The minimum Gasteiger partial charge on any atom is -0.494 e. The van der Waals surface area contributed by atoms with Crippen LogP contribution in [0.5, 0.6) is 5.75 Å². The van der Waals surface area contributed by atoms with E-state index in [2.05, 4.69) is 54.4 Å². The molecule has 3 rings (SSSR count). The van der Waals surface area contributed by atoms with Gasteiger partial charge < -0.3 is 14.6 Å². The molecule has 1 aromatic heterocycles. The maximum Gasteiger partial charge on any atom is 0.243 e. The van der Waals surface area contributed by atoms with Gasteiger partial charge in [0, 0.05) is 6.54 Å². The van der Waals surface area contributed by atoms with E-state index in [4.69, 9.17) is 4.74 Å². The average molecular weight is 392 g/mol. The molecule has 2 aromatic carbocycles. The molecule has 1 heterocycles. The molecule has 29 heavy (non-hydrogen) atoms. The van der Waals surface area contributed by atoms with Gasteiger partial charge in [0.1, 0.15) is 11.6 Å². The molecule has 0 fully saturated rings. The summed E-state index contributed by atoms with van der Waals surface area (Å²) in [6.07, 6.45) is 2.11. The Bertz CT molecular complexity index is 982. The number of imidazole rings is 1. The van der Waals surface area contributed by atoms with Gasteiger partial charge in [-0.25, -0.2) is 4.98 Å². The number of amides is 1. The summed E-state index contributed by atoms with van der Waals surface area (Å²) in [5.41, 5.74) is 3.41. The topological polar surface area (TPSA) is 56.2 Å². The summed E-state index contributed by atoms with van der Waals surface area (Å²) in [6.45, 7) is 11.8. The third kappa shape index (κ3) is 5.25. The quantitative estimate of drug-likeness (QED) is 0.451. The number of para-hydroxylation sites is 2. The van der Waals surface area contributed by atoms with Crippen LogP contribution in [-0.4, -0.2) is 22.1 Å². The molecule has 0 aliphatic rings. The molecular formula is C24H29N3O2. The molecule has 0 unspecified atom stereocenters. The summed E-state index contributed by atoms with van der Waals surface area (Å²) in [4.78, 5) is 16.2. The van der Waals surface area contributed by atoms with Gasteiger partial charge >= 0.3 is 0 Å². The van der Waals surface area contributed by atoms with Gasteiger partial charge in [0.15, 0.2) is 0 Å². The standard InChI is InChI=1S/C24H29N3O2/c1-5-23(28)25-17-22-26-20-9-6-7-10-21(20)27(22)15-8-16-29-19-13-11-18(12-14-19)24(2,3)4/h5-7,9-14H,1,8,15-17H2,2-4H3,(H,25,28). The monoisotopic (exact) mass is 391 g/mol. The number of aryl methyl sites for hydroxylation is 1. The third-order valence-corrected chi connectivity index (χ3v) is 4.85. The van der Waals surface area contributed by atoms with Crippen LogP contribution in [0.2, 0.25) is 0 Å². The number of carbonyl (C=O) groups excluding carboxylic acids is 1. The fraction of sp³-hybridized carbons (Fsp3) is 0.333. The van der Waals surface area contributed by atoms with Crippen molar-refractivity contribution in [3.63, 3.8) is 0 Å². The first kappa shape index (κ1) is 20.6. The number of aromatic nitrogens is 2. The molecule has 0 radical (unpaired) electrons. The van der Waals surface area contributed by atoms with Crippen molar-refractivity contribution in [1.29, 1.82) is 0 Å². The fourth-order valence-corrected chi connectivity index (χ4v) is 3.21. The second-order valence-corrected chi connectivity index (χ2v) is 8.07. The van der Waals surface area contributed by atoms with Gasteiger partial charge in [-0.1, -0.05) is 51.6 Å². The molecule has 3 aromatic rings. The molecule has 5 nitrogen and oxygen atoms in total. The lowest BCUT2D eigenvalue weighted by atomic mass is 9.87. The lowest BCUT2D eigenvalue weighted by Crippen LogP contribution is -2.22. The van der Waals surface area contributed by atoms with E-state index in [0.29, 0.717) is 13.2 Å². The lowest BCUT2D eigenvalue weighted by molar-refractivity contribution is -0.116. The SMILES string of the molecule is C=CC(=O)NCc1nc2ccccc2n1CCCOc1ccc(C(C)(C)C)cc1. The van der Waals surface area contributed by atoms with Crippen molar-refractivity contribution < 1.29 is 9.53 Å². The highest BCUT2D eigenvalue weighted by Crippen LogP contribution is 2.24. The molecule has 0 aliphatic carbocycles. The summed E-state index contributed by atoms with van der Waals surface area (Å²) in [7, 11) is 0. The molecule has 1 amide bonds. The van der Waals surface area contributed by atoms with Gasteiger partial charge in [-0.3, -0.25) is 4.79 Å². The van der Waals surface area contributed by atoms with Gasteiger partial charge in [0.05, 0.1) is 24.2 Å². The number of rotatable bonds is 8. The first-order valence-electron chi connectivity index (χ1n) is 9.96. The Morgan fingerprint density at radius 3 is 2.59 bits per heavy atom. The van der Waals surface area contributed by atoms with Crippen molar-refractivity contribution in [2.75, 3.05) is 6.61 Å². The Kier molecular flexibility index (Phi) is 6.37. The Balaban J connectivity index is 1.62. The lowest BCUT2D eigenvalue weighted by Gasteiger charge is -2.19. The number of nitrogens with zero attached hydrogens (tertiary/aromatic N) is 2. The first-order valence-corrected chi connectivity index (χ1v) is 9.96. The van der Waals surface area contributed by atoms with E-state index < -0.39 is 0 Å². The molecule has 152 valence electrons. The average Bonchev–Trinajstić information content (AvgIpc) is 3.06. The van der Waals surface area contributed by atoms with Crippen molar-refractivity contribution in [2.45, 2.75) is 45.7 Å². The zero-order valence-electron chi connectivity index (χ0n) is 17.4. The highest BCUT2D eigenvalue weighted by molar-refractivity contribution is 5.86. The fourth-order valence-electron chi connectivity index (χ4n) is 3.21. The number of ether oxygens (including phenoxy) is 1. The zero-order valence-corrected chi connectivity index (χ0v) is 17.4. The van der Waals surface area contributed by atoms with Crippen molar-refractivity contribution in [3.05, 3.63) is 72.6 Å². The van der Waals surface area contributed by atoms with Gasteiger partial charge in [-0.2, -0.15) is 0 Å². The van der Waals surface area contributed by atoms with E-state index in [1.807, 2.05) is 36.4 Å². The Morgan fingerprint density at radius 2 is 1.90 bits per heavy atom. The minimum atomic E-state index is -0.203.